The average Bonchev–Trinajstić information content (AvgIpc) is 3.06. The van der Waals surface area contributed by atoms with Crippen molar-refractivity contribution >= 4 is 28.6 Å². The molecule has 1 aromatic rings. The molecular formula is C16H25IN4O. The molecule has 5 nitrogen and oxygen atoms in total. The van der Waals surface area contributed by atoms with E-state index in [2.05, 4.69) is 51.3 Å². The molecule has 1 fully saturated rings. The van der Waals surface area contributed by atoms with Crippen molar-refractivity contribution in [3.05, 3.63) is 28.9 Å². The SMILES string of the molecule is C=C(I)C(C)N(CCNC(=O)n1ccnc1)C1CCCCC1. The number of carbonyl (C=O) groups is 1. The standard InChI is InChI=1S/C16H25IN4O/c1-13(17)14(2)21(15-6-4-3-5-7-15)11-9-19-16(22)20-10-8-18-12-20/h8,10,12,14-15H,1,3-7,9,11H2,2H3,(H,19,22). The minimum Gasteiger partial charge on any atom is -0.336 e. The summed E-state index contributed by atoms with van der Waals surface area (Å²) in [5.41, 5.74) is 0. The zero-order chi connectivity index (χ0) is 15.9. The summed E-state index contributed by atoms with van der Waals surface area (Å²) in [6, 6.07) is 0.830. The Morgan fingerprint density at radius 1 is 1.50 bits per heavy atom. The molecule has 1 unspecified atom stereocenters. The molecule has 22 heavy (non-hydrogen) atoms. The molecule has 1 atom stereocenters. The first-order valence-corrected chi connectivity index (χ1v) is 9.03. The smallest absolute Gasteiger partial charge is 0.326 e. The highest BCUT2D eigenvalue weighted by Crippen LogP contribution is 2.27. The van der Waals surface area contributed by atoms with E-state index in [4.69, 9.17) is 0 Å². The zero-order valence-electron chi connectivity index (χ0n) is 13.2. The third-order valence-corrected chi connectivity index (χ3v) is 5.28. The molecule has 2 rings (SSSR count). The van der Waals surface area contributed by atoms with Crippen LogP contribution >= 0.6 is 22.6 Å². The van der Waals surface area contributed by atoms with Gasteiger partial charge < -0.3 is 5.32 Å². The predicted octanol–water partition coefficient (Wildman–Crippen LogP) is 3.41. The van der Waals surface area contributed by atoms with Gasteiger partial charge in [-0.2, -0.15) is 0 Å². The molecule has 0 bridgehead atoms. The van der Waals surface area contributed by atoms with Gasteiger partial charge in [0, 0.05) is 41.1 Å². The maximum absolute atomic E-state index is 11.9. The maximum atomic E-state index is 11.9. The Labute approximate surface area is 146 Å². The number of carbonyl (C=O) groups excluding carboxylic acids is 1. The summed E-state index contributed by atoms with van der Waals surface area (Å²) >= 11 is 2.32. The average molecular weight is 416 g/mol. The second-order valence-corrected chi connectivity index (χ2v) is 7.24. The molecule has 0 radical (unpaired) electrons. The number of hydrogen-bond acceptors (Lipinski definition) is 3. The first-order chi connectivity index (χ1) is 10.6. The number of rotatable bonds is 6. The Morgan fingerprint density at radius 2 is 2.23 bits per heavy atom. The van der Waals surface area contributed by atoms with Crippen LogP contribution in [-0.4, -0.2) is 45.7 Å². The van der Waals surface area contributed by atoms with E-state index in [1.54, 1.807) is 12.4 Å². The molecule has 1 aliphatic carbocycles. The molecule has 6 heteroatoms. The summed E-state index contributed by atoms with van der Waals surface area (Å²) in [4.78, 5) is 18.3. The van der Waals surface area contributed by atoms with Crippen molar-refractivity contribution in [1.82, 2.24) is 19.8 Å². The number of aromatic nitrogens is 2. The first-order valence-electron chi connectivity index (χ1n) is 7.96. The van der Waals surface area contributed by atoms with E-state index >= 15 is 0 Å². The van der Waals surface area contributed by atoms with Crippen LogP contribution in [0.2, 0.25) is 0 Å². The maximum Gasteiger partial charge on any atom is 0.326 e. The predicted molar refractivity (Wildman–Crippen MR) is 97.2 cm³/mol. The quantitative estimate of drug-likeness (QED) is 0.724. The van der Waals surface area contributed by atoms with Gasteiger partial charge in [-0.05, 0) is 42.4 Å². The number of nitrogens with one attached hydrogen (secondary N) is 1. The highest BCUT2D eigenvalue weighted by Gasteiger charge is 2.25. The van der Waals surface area contributed by atoms with E-state index < -0.39 is 0 Å². The highest BCUT2D eigenvalue weighted by molar-refractivity contribution is 14.1. The van der Waals surface area contributed by atoms with Gasteiger partial charge in [0.2, 0.25) is 0 Å². The summed E-state index contributed by atoms with van der Waals surface area (Å²) in [6.45, 7) is 7.81. The summed E-state index contributed by atoms with van der Waals surface area (Å²) < 4.78 is 2.62. The lowest BCUT2D eigenvalue weighted by molar-refractivity contribution is 0.133. The van der Waals surface area contributed by atoms with Gasteiger partial charge in [-0.25, -0.2) is 9.78 Å². The van der Waals surface area contributed by atoms with E-state index in [0.717, 1.165) is 10.1 Å². The van der Waals surface area contributed by atoms with Gasteiger partial charge in [-0.1, -0.05) is 25.8 Å². The molecule has 1 heterocycles. The van der Waals surface area contributed by atoms with E-state index in [9.17, 15) is 4.79 Å². The molecule has 0 aliphatic heterocycles. The van der Waals surface area contributed by atoms with Crippen LogP contribution in [0.5, 0.6) is 0 Å². The van der Waals surface area contributed by atoms with Gasteiger partial charge in [-0.15, -0.1) is 0 Å². The minimum atomic E-state index is -0.123. The van der Waals surface area contributed by atoms with Gasteiger partial charge >= 0.3 is 6.03 Å². The molecule has 0 spiro atoms. The Bertz CT molecular complexity index is 482. The molecular weight excluding hydrogens is 391 g/mol. The van der Waals surface area contributed by atoms with Gasteiger partial charge in [-0.3, -0.25) is 9.47 Å². The van der Waals surface area contributed by atoms with Crippen LogP contribution in [0, 0.1) is 0 Å². The number of amides is 1. The van der Waals surface area contributed by atoms with Crippen LogP contribution in [0.1, 0.15) is 39.0 Å². The van der Waals surface area contributed by atoms with Crippen molar-refractivity contribution in [2.75, 3.05) is 13.1 Å². The van der Waals surface area contributed by atoms with Crippen molar-refractivity contribution in [1.29, 1.82) is 0 Å². The number of imidazole rings is 1. The van der Waals surface area contributed by atoms with Gasteiger partial charge in [0.25, 0.3) is 0 Å². The summed E-state index contributed by atoms with van der Waals surface area (Å²) in [6.07, 6.45) is 11.3. The number of halogens is 1. The molecule has 1 aromatic heterocycles. The van der Waals surface area contributed by atoms with Crippen LogP contribution in [-0.2, 0) is 0 Å². The Kier molecular flexibility index (Phi) is 6.88. The second-order valence-electron chi connectivity index (χ2n) is 5.85. The fraction of sp³-hybridized carbons (Fsp3) is 0.625. The second kappa shape index (κ2) is 8.67. The molecule has 122 valence electrons. The largest absolute Gasteiger partial charge is 0.336 e. The lowest BCUT2D eigenvalue weighted by atomic mass is 9.93. The fourth-order valence-electron chi connectivity index (χ4n) is 3.05. The zero-order valence-corrected chi connectivity index (χ0v) is 15.3. The van der Waals surface area contributed by atoms with E-state index in [0.29, 0.717) is 18.6 Å². The molecule has 1 amide bonds. The Balaban J connectivity index is 1.88. The van der Waals surface area contributed by atoms with E-state index in [-0.39, 0.29) is 6.03 Å². The van der Waals surface area contributed by atoms with Crippen LogP contribution in [0.15, 0.2) is 28.9 Å². The first kappa shape index (κ1) is 17.5. The van der Waals surface area contributed by atoms with Gasteiger partial charge in [0.05, 0.1) is 0 Å². The summed E-state index contributed by atoms with van der Waals surface area (Å²) in [5, 5.41) is 2.96. The lowest BCUT2D eigenvalue weighted by Crippen LogP contribution is -2.47. The van der Waals surface area contributed by atoms with Crippen molar-refractivity contribution in [3.8, 4) is 0 Å². The normalized spacial score (nSPS) is 17.4. The van der Waals surface area contributed by atoms with E-state index in [1.165, 1.54) is 43.0 Å². The van der Waals surface area contributed by atoms with Crippen molar-refractivity contribution in [2.45, 2.75) is 51.1 Å². The summed E-state index contributed by atoms with van der Waals surface area (Å²) in [7, 11) is 0. The third kappa shape index (κ3) is 4.81. The van der Waals surface area contributed by atoms with Crippen molar-refractivity contribution < 1.29 is 4.79 Å². The number of nitrogens with zero attached hydrogens (tertiary/aromatic N) is 3. The van der Waals surface area contributed by atoms with Crippen LogP contribution in [0.3, 0.4) is 0 Å². The van der Waals surface area contributed by atoms with Crippen LogP contribution in [0.25, 0.3) is 0 Å². The van der Waals surface area contributed by atoms with Gasteiger partial charge in [0.1, 0.15) is 6.33 Å². The topological polar surface area (TPSA) is 50.2 Å². The molecule has 0 aromatic carbocycles. The van der Waals surface area contributed by atoms with Crippen LogP contribution < -0.4 is 5.32 Å². The number of hydrogen-bond donors (Lipinski definition) is 1. The fourth-order valence-corrected chi connectivity index (χ4v) is 3.41. The van der Waals surface area contributed by atoms with E-state index in [1.807, 2.05) is 0 Å². The highest BCUT2D eigenvalue weighted by atomic mass is 127. The molecule has 0 saturated heterocycles. The monoisotopic (exact) mass is 416 g/mol. The summed E-state index contributed by atoms with van der Waals surface area (Å²) in [5.74, 6) is 0. The van der Waals surface area contributed by atoms with Crippen LogP contribution in [0.4, 0.5) is 4.79 Å². The minimum absolute atomic E-state index is 0.123. The molecule has 1 N–H and O–H groups in total. The van der Waals surface area contributed by atoms with Crippen molar-refractivity contribution in [2.24, 2.45) is 0 Å². The van der Waals surface area contributed by atoms with Crippen molar-refractivity contribution in [3.63, 3.8) is 0 Å². The Morgan fingerprint density at radius 3 is 2.82 bits per heavy atom. The van der Waals surface area contributed by atoms with Gasteiger partial charge in [0.15, 0.2) is 0 Å². The molecule has 1 aliphatic rings. The third-order valence-electron chi connectivity index (χ3n) is 4.38. The Hall–Kier alpha value is -0.890. The molecule has 1 saturated carbocycles. The lowest BCUT2D eigenvalue weighted by Gasteiger charge is -2.38.